The number of aromatic nitrogens is 3. The average Bonchev–Trinajstić information content (AvgIpc) is 3.15. The molecular formula is C18H14F2N4S. The van der Waals surface area contributed by atoms with E-state index < -0.39 is 11.6 Å². The van der Waals surface area contributed by atoms with Crippen LogP contribution in [-0.4, -0.2) is 14.4 Å². The van der Waals surface area contributed by atoms with Crippen molar-refractivity contribution < 1.29 is 8.78 Å². The zero-order valence-electron chi connectivity index (χ0n) is 13.5. The Morgan fingerprint density at radius 2 is 1.84 bits per heavy atom. The fourth-order valence-electron chi connectivity index (χ4n) is 2.70. The third-order valence-corrected chi connectivity index (χ3v) is 4.74. The minimum Gasteiger partial charge on any atom is -0.331 e. The van der Waals surface area contributed by atoms with E-state index in [9.17, 15) is 8.78 Å². The smallest absolute Gasteiger partial charge is 0.187 e. The van der Waals surface area contributed by atoms with Crippen LogP contribution in [0.5, 0.6) is 0 Å². The van der Waals surface area contributed by atoms with E-state index in [0.717, 1.165) is 22.7 Å². The Kier molecular flexibility index (Phi) is 3.73. The van der Waals surface area contributed by atoms with E-state index in [4.69, 9.17) is 0 Å². The first-order valence-corrected chi connectivity index (χ1v) is 8.53. The quantitative estimate of drug-likeness (QED) is 0.555. The van der Waals surface area contributed by atoms with E-state index in [0.29, 0.717) is 10.8 Å². The van der Waals surface area contributed by atoms with Gasteiger partial charge in [0, 0.05) is 22.8 Å². The second-order valence-electron chi connectivity index (χ2n) is 5.70. The lowest BCUT2D eigenvalue weighted by Crippen LogP contribution is -1.95. The SMILES string of the molecule is Cc1nc2ccccn2c1-c1csc(Nc2cc(F)c(C)c(F)c2)n1. The van der Waals surface area contributed by atoms with Gasteiger partial charge in [0.25, 0.3) is 0 Å². The first-order valence-electron chi connectivity index (χ1n) is 7.65. The van der Waals surface area contributed by atoms with Gasteiger partial charge in [0.15, 0.2) is 5.13 Å². The van der Waals surface area contributed by atoms with Crippen molar-refractivity contribution in [3.8, 4) is 11.4 Å². The van der Waals surface area contributed by atoms with Gasteiger partial charge in [-0.2, -0.15) is 0 Å². The third-order valence-electron chi connectivity index (χ3n) is 3.98. The first-order chi connectivity index (χ1) is 12.0. The van der Waals surface area contributed by atoms with Crippen molar-refractivity contribution in [2.75, 3.05) is 5.32 Å². The molecule has 0 unspecified atom stereocenters. The van der Waals surface area contributed by atoms with Crippen molar-refractivity contribution in [1.29, 1.82) is 0 Å². The summed E-state index contributed by atoms with van der Waals surface area (Å²) in [6.07, 6.45) is 1.93. The minimum atomic E-state index is -0.586. The van der Waals surface area contributed by atoms with E-state index >= 15 is 0 Å². The highest BCUT2D eigenvalue weighted by Gasteiger charge is 2.14. The maximum atomic E-state index is 13.7. The van der Waals surface area contributed by atoms with E-state index in [1.54, 1.807) is 0 Å². The van der Waals surface area contributed by atoms with Gasteiger partial charge in [-0.15, -0.1) is 11.3 Å². The van der Waals surface area contributed by atoms with Crippen LogP contribution in [0, 0.1) is 25.5 Å². The van der Waals surface area contributed by atoms with Crippen LogP contribution in [-0.2, 0) is 0 Å². The van der Waals surface area contributed by atoms with Crippen LogP contribution in [0.2, 0.25) is 0 Å². The average molecular weight is 356 g/mol. The summed E-state index contributed by atoms with van der Waals surface area (Å²) in [5, 5.41) is 5.41. The van der Waals surface area contributed by atoms with Gasteiger partial charge in [-0.05, 0) is 38.1 Å². The number of benzene rings is 1. The van der Waals surface area contributed by atoms with E-state index in [1.165, 1.54) is 30.4 Å². The number of imidazole rings is 1. The lowest BCUT2D eigenvalue weighted by atomic mass is 10.2. The van der Waals surface area contributed by atoms with Crippen molar-refractivity contribution in [3.63, 3.8) is 0 Å². The summed E-state index contributed by atoms with van der Waals surface area (Å²) >= 11 is 1.37. The van der Waals surface area contributed by atoms with Gasteiger partial charge >= 0.3 is 0 Å². The molecule has 1 N–H and O–H groups in total. The maximum Gasteiger partial charge on any atom is 0.187 e. The molecule has 3 heterocycles. The van der Waals surface area contributed by atoms with Crippen molar-refractivity contribution in [1.82, 2.24) is 14.4 Å². The molecule has 0 aliphatic carbocycles. The molecule has 4 rings (SSSR count). The van der Waals surface area contributed by atoms with Crippen LogP contribution in [0.3, 0.4) is 0 Å². The van der Waals surface area contributed by atoms with E-state index in [-0.39, 0.29) is 5.56 Å². The van der Waals surface area contributed by atoms with Gasteiger partial charge in [0.1, 0.15) is 23.0 Å². The van der Waals surface area contributed by atoms with Crippen molar-refractivity contribution in [2.45, 2.75) is 13.8 Å². The summed E-state index contributed by atoms with van der Waals surface area (Å²) in [5.41, 5.74) is 3.72. The molecule has 0 aliphatic rings. The predicted octanol–water partition coefficient (Wildman–Crippen LogP) is 5.10. The lowest BCUT2D eigenvalue weighted by molar-refractivity contribution is 0.569. The van der Waals surface area contributed by atoms with Crippen molar-refractivity contribution in [3.05, 3.63) is 64.8 Å². The molecule has 4 nitrogen and oxygen atoms in total. The van der Waals surface area contributed by atoms with Crippen LogP contribution in [0.15, 0.2) is 41.9 Å². The fourth-order valence-corrected chi connectivity index (χ4v) is 3.42. The standard InChI is InChI=1S/C18H14F2N4S/c1-10-13(19)7-12(8-14(10)20)22-18-23-15(9-25-18)17-11(2)21-16-5-3-4-6-24(16)17/h3-9H,1-2H3,(H,22,23). The lowest BCUT2D eigenvalue weighted by Gasteiger charge is -2.05. The Hall–Kier alpha value is -2.80. The van der Waals surface area contributed by atoms with Crippen LogP contribution in [0.4, 0.5) is 19.6 Å². The summed E-state index contributed by atoms with van der Waals surface area (Å²) in [6.45, 7) is 3.34. The number of anilines is 2. The van der Waals surface area contributed by atoms with Crippen LogP contribution >= 0.6 is 11.3 Å². The number of thiazole rings is 1. The molecule has 1 aromatic carbocycles. The van der Waals surface area contributed by atoms with Crippen molar-refractivity contribution >= 4 is 27.8 Å². The highest BCUT2D eigenvalue weighted by Crippen LogP contribution is 2.30. The number of nitrogens with one attached hydrogen (secondary N) is 1. The topological polar surface area (TPSA) is 42.2 Å². The predicted molar refractivity (Wildman–Crippen MR) is 95.4 cm³/mol. The number of hydrogen-bond acceptors (Lipinski definition) is 4. The third kappa shape index (κ3) is 2.76. The van der Waals surface area contributed by atoms with Gasteiger partial charge in [0.2, 0.25) is 0 Å². The molecular weight excluding hydrogens is 342 g/mol. The van der Waals surface area contributed by atoms with E-state index in [1.807, 2.05) is 41.1 Å². The molecule has 0 saturated heterocycles. The Labute approximate surface area is 146 Å². The van der Waals surface area contributed by atoms with Gasteiger partial charge in [-0.25, -0.2) is 18.7 Å². The molecule has 3 aromatic heterocycles. The normalized spacial score (nSPS) is 11.2. The van der Waals surface area contributed by atoms with Gasteiger partial charge in [-0.1, -0.05) is 6.07 Å². The highest BCUT2D eigenvalue weighted by molar-refractivity contribution is 7.14. The maximum absolute atomic E-state index is 13.7. The number of pyridine rings is 1. The molecule has 0 amide bonds. The molecule has 0 saturated carbocycles. The molecule has 0 spiro atoms. The zero-order valence-corrected chi connectivity index (χ0v) is 14.4. The number of hydrogen-bond donors (Lipinski definition) is 1. The Morgan fingerprint density at radius 3 is 2.60 bits per heavy atom. The number of halogens is 2. The summed E-state index contributed by atoms with van der Waals surface area (Å²) < 4.78 is 29.4. The summed E-state index contributed by atoms with van der Waals surface area (Å²) in [7, 11) is 0. The number of rotatable bonds is 3. The summed E-state index contributed by atoms with van der Waals surface area (Å²) in [4.78, 5) is 9.07. The minimum absolute atomic E-state index is 0.00623. The Balaban J connectivity index is 1.70. The molecule has 0 atom stereocenters. The monoisotopic (exact) mass is 356 g/mol. The summed E-state index contributed by atoms with van der Waals surface area (Å²) in [5.74, 6) is -1.17. The Morgan fingerprint density at radius 1 is 1.08 bits per heavy atom. The van der Waals surface area contributed by atoms with Gasteiger partial charge < -0.3 is 5.32 Å². The molecule has 0 radical (unpaired) electrons. The fraction of sp³-hybridized carbons (Fsp3) is 0.111. The number of aryl methyl sites for hydroxylation is 1. The van der Waals surface area contributed by atoms with Crippen molar-refractivity contribution in [2.24, 2.45) is 0 Å². The van der Waals surface area contributed by atoms with Crippen LogP contribution in [0.1, 0.15) is 11.3 Å². The highest BCUT2D eigenvalue weighted by atomic mass is 32.1. The van der Waals surface area contributed by atoms with Crippen LogP contribution in [0.25, 0.3) is 17.0 Å². The molecule has 7 heteroatoms. The molecule has 25 heavy (non-hydrogen) atoms. The number of fused-ring (bicyclic) bond motifs is 1. The Bertz CT molecular complexity index is 1060. The number of nitrogens with zero attached hydrogens (tertiary/aromatic N) is 3. The van der Waals surface area contributed by atoms with Gasteiger partial charge in [0.05, 0.1) is 11.4 Å². The largest absolute Gasteiger partial charge is 0.331 e. The molecule has 0 aliphatic heterocycles. The second kappa shape index (κ2) is 5.93. The van der Waals surface area contributed by atoms with E-state index in [2.05, 4.69) is 15.3 Å². The molecule has 4 aromatic rings. The second-order valence-corrected chi connectivity index (χ2v) is 6.56. The summed E-state index contributed by atoms with van der Waals surface area (Å²) in [6, 6.07) is 8.32. The van der Waals surface area contributed by atoms with Crippen LogP contribution < -0.4 is 5.32 Å². The molecule has 0 fully saturated rings. The van der Waals surface area contributed by atoms with Gasteiger partial charge in [-0.3, -0.25) is 4.40 Å². The molecule has 0 bridgehead atoms. The first kappa shape index (κ1) is 15.7. The molecule has 126 valence electrons. The zero-order chi connectivity index (χ0) is 17.6.